The second kappa shape index (κ2) is 8.19. The Morgan fingerprint density at radius 2 is 2.15 bits per heavy atom. The molecule has 1 aromatic carbocycles. The quantitative estimate of drug-likeness (QED) is 0.642. The molecule has 0 radical (unpaired) electrons. The van der Waals surface area contributed by atoms with Crippen molar-refractivity contribution in [3.63, 3.8) is 0 Å². The van der Waals surface area contributed by atoms with Crippen molar-refractivity contribution >= 4 is 17.7 Å². The average molecular weight is 367 g/mol. The van der Waals surface area contributed by atoms with E-state index in [0.717, 1.165) is 42.9 Å². The SMILES string of the molecule is Cc1cc(/C=C(\C#N)C(=O)Nc2ccc(F)cc2)c(C)n1C[C@@H]1CCCO1. The monoisotopic (exact) mass is 367 g/mol. The fourth-order valence-corrected chi connectivity index (χ4v) is 3.28. The molecule has 1 fully saturated rings. The second-order valence-corrected chi connectivity index (χ2v) is 6.70. The summed E-state index contributed by atoms with van der Waals surface area (Å²) < 4.78 is 20.9. The molecule has 140 valence electrons. The fourth-order valence-electron chi connectivity index (χ4n) is 3.28. The molecule has 0 spiro atoms. The van der Waals surface area contributed by atoms with Crippen LogP contribution in [0.3, 0.4) is 0 Å². The van der Waals surface area contributed by atoms with Crippen LogP contribution in [0.25, 0.3) is 6.08 Å². The smallest absolute Gasteiger partial charge is 0.266 e. The van der Waals surface area contributed by atoms with Crippen LogP contribution >= 0.6 is 0 Å². The van der Waals surface area contributed by atoms with Crippen molar-refractivity contribution in [3.05, 3.63) is 58.7 Å². The largest absolute Gasteiger partial charge is 0.376 e. The third kappa shape index (κ3) is 4.44. The van der Waals surface area contributed by atoms with Gasteiger partial charge in [-0.1, -0.05) is 0 Å². The highest BCUT2D eigenvalue weighted by atomic mass is 19.1. The lowest BCUT2D eigenvalue weighted by Crippen LogP contribution is -2.17. The van der Waals surface area contributed by atoms with Crippen molar-refractivity contribution in [2.24, 2.45) is 0 Å². The van der Waals surface area contributed by atoms with Crippen LogP contribution in [0.2, 0.25) is 0 Å². The van der Waals surface area contributed by atoms with Crippen molar-refractivity contribution in [1.82, 2.24) is 4.57 Å². The number of hydrogen-bond acceptors (Lipinski definition) is 3. The van der Waals surface area contributed by atoms with Crippen LogP contribution in [0, 0.1) is 31.0 Å². The van der Waals surface area contributed by atoms with Gasteiger partial charge in [0, 0.05) is 30.2 Å². The zero-order valence-corrected chi connectivity index (χ0v) is 15.5. The Labute approximate surface area is 158 Å². The van der Waals surface area contributed by atoms with Crippen LogP contribution in [-0.2, 0) is 16.1 Å². The standard InChI is InChI=1S/C21H22FN3O2/c1-14-10-16(15(2)25(14)13-20-4-3-9-27-20)11-17(12-23)21(26)24-19-7-5-18(22)6-8-19/h5-8,10-11,20H,3-4,9,13H2,1-2H3,(H,24,26)/b17-11+/t20-/m0/s1. The first kappa shape index (κ1) is 18.9. The Bertz CT molecular complexity index is 901. The molecule has 6 heteroatoms. The zero-order chi connectivity index (χ0) is 19.4. The number of ether oxygens (including phenoxy) is 1. The van der Waals surface area contributed by atoms with E-state index in [1.54, 1.807) is 6.08 Å². The van der Waals surface area contributed by atoms with Crippen molar-refractivity contribution in [3.8, 4) is 6.07 Å². The van der Waals surface area contributed by atoms with Crippen molar-refractivity contribution in [2.45, 2.75) is 39.3 Å². The minimum Gasteiger partial charge on any atom is -0.376 e. The molecule has 2 heterocycles. The minimum atomic E-state index is -0.520. The molecule has 1 aromatic heterocycles. The molecule has 1 atom stereocenters. The number of anilines is 1. The minimum absolute atomic E-state index is 0.00306. The van der Waals surface area contributed by atoms with E-state index in [4.69, 9.17) is 4.74 Å². The van der Waals surface area contributed by atoms with Gasteiger partial charge in [-0.15, -0.1) is 0 Å². The van der Waals surface area contributed by atoms with Gasteiger partial charge in [0.25, 0.3) is 5.91 Å². The topological polar surface area (TPSA) is 67.0 Å². The van der Waals surface area contributed by atoms with Gasteiger partial charge >= 0.3 is 0 Å². The lowest BCUT2D eigenvalue weighted by molar-refractivity contribution is -0.112. The van der Waals surface area contributed by atoms with Crippen molar-refractivity contribution < 1.29 is 13.9 Å². The Morgan fingerprint density at radius 3 is 2.78 bits per heavy atom. The van der Waals surface area contributed by atoms with Gasteiger partial charge in [0.05, 0.1) is 6.10 Å². The predicted octanol–water partition coefficient (Wildman–Crippen LogP) is 3.97. The Balaban J connectivity index is 1.79. The molecule has 1 amide bonds. The van der Waals surface area contributed by atoms with E-state index in [0.29, 0.717) is 5.69 Å². The van der Waals surface area contributed by atoms with E-state index in [9.17, 15) is 14.4 Å². The molecule has 3 rings (SSSR count). The molecular weight excluding hydrogens is 345 g/mol. The molecule has 1 aliphatic rings. The highest BCUT2D eigenvalue weighted by molar-refractivity contribution is 6.09. The number of nitrogens with zero attached hydrogens (tertiary/aromatic N) is 2. The molecule has 1 aliphatic heterocycles. The molecule has 0 aliphatic carbocycles. The Kier molecular flexibility index (Phi) is 5.72. The van der Waals surface area contributed by atoms with E-state index in [2.05, 4.69) is 9.88 Å². The van der Waals surface area contributed by atoms with Crippen LogP contribution in [0.1, 0.15) is 29.8 Å². The molecule has 27 heavy (non-hydrogen) atoms. The van der Waals surface area contributed by atoms with E-state index in [1.807, 2.05) is 26.0 Å². The molecule has 0 unspecified atom stereocenters. The van der Waals surface area contributed by atoms with Gasteiger partial charge in [-0.05, 0) is 68.7 Å². The molecule has 0 bridgehead atoms. The summed E-state index contributed by atoms with van der Waals surface area (Å²) in [5.41, 5.74) is 3.32. The Morgan fingerprint density at radius 1 is 1.41 bits per heavy atom. The number of halogens is 1. The summed E-state index contributed by atoms with van der Waals surface area (Å²) in [5, 5.41) is 12.0. The molecule has 2 aromatic rings. The number of carbonyl (C=O) groups excluding carboxylic acids is 1. The summed E-state index contributed by atoms with van der Waals surface area (Å²) in [6.07, 6.45) is 3.93. The number of nitrogens with one attached hydrogen (secondary N) is 1. The van der Waals surface area contributed by atoms with Gasteiger partial charge in [-0.25, -0.2) is 4.39 Å². The second-order valence-electron chi connectivity index (χ2n) is 6.70. The summed E-state index contributed by atoms with van der Waals surface area (Å²) >= 11 is 0. The summed E-state index contributed by atoms with van der Waals surface area (Å²) in [7, 11) is 0. The fraction of sp³-hybridized carbons (Fsp3) is 0.333. The number of nitriles is 1. The lowest BCUT2D eigenvalue weighted by Gasteiger charge is -2.14. The number of hydrogen-bond donors (Lipinski definition) is 1. The highest BCUT2D eigenvalue weighted by Crippen LogP contribution is 2.22. The predicted molar refractivity (Wildman–Crippen MR) is 101 cm³/mol. The van der Waals surface area contributed by atoms with Gasteiger partial charge in [0.2, 0.25) is 0 Å². The third-order valence-corrected chi connectivity index (χ3v) is 4.79. The van der Waals surface area contributed by atoms with Crippen LogP contribution in [0.4, 0.5) is 10.1 Å². The Hall–Kier alpha value is -2.91. The molecule has 0 saturated carbocycles. The number of carbonyl (C=O) groups is 1. The highest BCUT2D eigenvalue weighted by Gasteiger charge is 2.19. The van der Waals surface area contributed by atoms with Gasteiger partial charge in [-0.2, -0.15) is 5.26 Å². The normalized spacial score (nSPS) is 17.0. The van der Waals surface area contributed by atoms with E-state index in [-0.39, 0.29) is 17.5 Å². The van der Waals surface area contributed by atoms with E-state index < -0.39 is 5.91 Å². The van der Waals surface area contributed by atoms with Crippen LogP contribution in [0.15, 0.2) is 35.9 Å². The van der Waals surface area contributed by atoms with Gasteiger partial charge in [-0.3, -0.25) is 4.79 Å². The van der Waals surface area contributed by atoms with Gasteiger partial charge in [0.15, 0.2) is 0 Å². The molecule has 1 saturated heterocycles. The summed E-state index contributed by atoms with van der Waals surface area (Å²) in [6.45, 7) is 5.55. The number of benzene rings is 1. The maximum Gasteiger partial charge on any atom is 0.266 e. The van der Waals surface area contributed by atoms with Gasteiger partial charge < -0.3 is 14.6 Å². The summed E-state index contributed by atoms with van der Waals surface area (Å²) in [5.74, 6) is -0.907. The van der Waals surface area contributed by atoms with Crippen LogP contribution in [0.5, 0.6) is 0 Å². The van der Waals surface area contributed by atoms with Gasteiger partial charge in [0.1, 0.15) is 17.5 Å². The van der Waals surface area contributed by atoms with Crippen molar-refractivity contribution in [2.75, 3.05) is 11.9 Å². The molecule has 5 nitrogen and oxygen atoms in total. The first-order valence-electron chi connectivity index (χ1n) is 8.95. The molecular formula is C21H22FN3O2. The average Bonchev–Trinajstić information content (AvgIpc) is 3.25. The van der Waals surface area contributed by atoms with Crippen LogP contribution in [-0.4, -0.2) is 23.2 Å². The van der Waals surface area contributed by atoms with E-state index >= 15 is 0 Å². The van der Waals surface area contributed by atoms with Crippen molar-refractivity contribution in [1.29, 1.82) is 5.26 Å². The zero-order valence-electron chi connectivity index (χ0n) is 15.5. The maximum absolute atomic E-state index is 13.0. The summed E-state index contributed by atoms with van der Waals surface area (Å²) in [4.78, 5) is 12.4. The molecule has 1 N–H and O–H groups in total. The number of aryl methyl sites for hydroxylation is 1. The maximum atomic E-state index is 13.0. The first-order chi connectivity index (χ1) is 13.0. The number of rotatable bonds is 5. The summed E-state index contributed by atoms with van der Waals surface area (Å²) in [6, 6.07) is 9.33. The number of aromatic nitrogens is 1. The number of amides is 1. The first-order valence-corrected chi connectivity index (χ1v) is 8.95. The van der Waals surface area contributed by atoms with Crippen LogP contribution < -0.4 is 5.32 Å². The third-order valence-electron chi connectivity index (χ3n) is 4.79. The van der Waals surface area contributed by atoms with E-state index in [1.165, 1.54) is 24.3 Å². The lowest BCUT2D eigenvalue weighted by atomic mass is 10.1.